The van der Waals surface area contributed by atoms with E-state index in [1.54, 1.807) is 31.2 Å². The topological polar surface area (TPSA) is 117 Å². The molecular formula is C17H17N3O5. The summed E-state index contributed by atoms with van der Waals surface area (Å²) in [7, 11) is 0. The fourth-order valence-corrected chi connectivity index (χ4v) is 1.92. The van der Waals surface area contributed by atoms with Crippen LogP contribution >= 0.6 is 0 Å². The first-order valence-electron chi connectivity index (χ1n) is 7.52. The van der Waals surface area contributed by atoms with Gasteiger partial charge in [0.2, 0.25) is 0 Å². The zero-order valence-electron chi connectivity index (χ0n) is 13.5. The SMILES string of the molecule is CCC(Oc1ccccc1)C(=O)O/N=C(\N)c1ccc([N+](=O)[O-])cc1. The number of rotatable bonds is 7. The lowest BCUT2D eigenvalue weighted by Crippen LogP contribution is -2.28. The van der Waals surface area contributed by atoms with Crippen LogP contribution in [0.25, 0.3) is 0 Å². The molecule has 130 valence electrons. The molecule has 2 rings (SSSR count). The summed E-state index contributed by atoms with van der Waals surface area (Å²) < 4.78 is 5.55. The Labute approximate surface area is 144 Å². The number of carbonyl (C=O) groups excluding carboxylic acids is 1. The summed E-state index contributed by atoms with van der Waals surface area (Å²) in [6.45, 7) is 1.78. The fourth-order valence-electron chi connectivity index (χ4n) is 1.92. The molecule has 0 aliphatic heterocycles. The highest BCUT2D eigenvalue weighted by Gasteiger charge is 2.21. The van der Waals surface area contributed by atoms with Crippen LogP contribution in [0.15, 0.2) is 59.8 Å². The second-order valence-corrected chi connectivity index (χ2v) is 5.02. The average Bonchev–Trinajstić information content (AvgIpc) is 2.64. The van der Waals surface area contributed by atoms with E-state index >= 15 is 0 Å². The zero-order chi connectivity index (χ0) is 18.2. The number of nitrogens with two attached hydrogens (primary N) is 1. The molecule has 0 saturated heterocycles. The highest BCUT2D eigenvalue weighted by molar-refractivity contribution is 5.97. The molecule has 8 heteroatoms. The van der Waals surface area contributed by atoms with E-state index < -0.39 is 17.0 Å². The Morgan fingerprint density at radius 3 is 2.40 bits per heavy atom. The third kappa shape index (κ3) is 5.03. The first-order chi connectivity index (χ1) is 12.0. The van der Waals surface area contributed by atoms with Crippen molar-refractivity contribution >= 4 is 17.5 Å². The van der Waals surface area contributed by atoms with Crippen LogP contribution in [-0.4, -0.2) is 22.8 Å². The number of ether oxygens (including phenoxy) is 1. The Kier molecular flexibility index (Phi) is 6.05. The van der Waals surface area contributed by atoms with Gasteiger partial charge in [0.15, 0.2) is 11.9 Å². The summed E-state index contributed by atoms with van der Waals surface area (Å²) in [4.78, 5) is 27.0. The molecule has 1 atom stereocenters. The van der Waals surface area contributed by atoms with Crippen LogP contribution in [0, 0.1) is 10.1 Å². The molecule has 0 aromatic heterocycles. The fraction of sp³-hybridized carbons (Fsp3) is 0.176. The molecule has 0 heterocycles. The van der Waals surface area contributed by atoms with Gasteiger partial charge in [-0.2, -0.15) is 0 Å². The monoisotopic (exact) mass is 343 g/mol. The predicted octanol–water partition coefficient (Wildman–Crippen LogP) is 2.62. The van der Waals surface area contributed by atoms with Crippen molar-refractivity contribution in [3.8, 4) is 5.75 Å². The number of nitrogens with zero attached hydrogens (tertiary/aromatic N) is 2. The van der Waals surface area contributed by atoms with Crippen molar-refractivity contribution in [3.05, 3.63) is 70.3 Å². The summed E-state index contributed by atoms with van der Waals surface area (Å²) in [6.07, 6.45) is -0.434. The molecule has 0 saturated carbocycles. The van der Waals surface area contributed by atoms with Gasteiger partial charge in [-0.3, -0.25) is 10.1 Å². The minimum absolute atomic E-state index is 0.0715. The maximum atomic E-state index is 12.1. The number of oxime groups is 1. The summed E-state index contributed by atoms with van der Waals surface area (Å²) >= 11 is 0. The molecule has 0 bridgehead atoms. The normalized spacial score (nSPS) is 12.3. The van der Waals surface area contributed by atoms with E-state index in [0.717, 1.165) is 0 Å². The first-order valence-corrected chi connectivity index (χ1v) is 7.52. The van der Waals surface area contributed by atoms with Gasteiger partial charge < -0.3 is 15.3 Å². The van der Waals surface area contributed by atoms with E-state index in [9.17, 15) is 14.9 Å². The van der Waals surface area contributed by atoms with Crippen molar-refractivity contribution in [1.29, 1.82) is 0 Å². The second kappa shape index (κ2) is 8.44. The quantitative estimate of drug-likeness (QED) is 0.271. The Morgan fingerprint density at radius 1 is 1.20 bits per heavy atom. The Morgan fingerprint density at radius 2 is 1.84 bits per heavy atom. The first kappa shape index (κ1) is 17.9. The van der Waals surface area contributed by atoms with E-state index in [2.05, 4.69) is 5.16 Å². The van der Waals surface area contributed by atoms with Crippen LogP contribution in [0.5, 0.6) is 5.75 Å². The van der Waals surface area contributed by atoms with Gasteiger partial charge in [0.25, 0.3) is 5.69 Å². The molecule has 25 heavy (non-hydrogen) atoms. The Hall–Kier alpha value is -3.42. The number of benzene rings is 2. The molecule has 0 aliphatic rings. The van der Waals surface area contributed by atoms with E-state index in [1.807, 2.05) is 6.07 Å². The van der Waals surface area contributed by atoms with E-state index in [1.165, 1.54) is 24.3 Å². The number of hydrogen-bond donors (Lipinski definition) is 1. The maximum absolute atomic E-state index is 12.1. The van der Waals surface area contributed by atoms with Crippen LogP contribution in [0.3, 0.4) is 0 Å². The number of non-ortho nitro benzene ring substituents is 1. The van der Waals surface area contributed by atoms with Crippen molar-refractivity contribution in [2.45, 2.75) is 19.4 Å². The van der Waals surface area contributed by atoms with Crippen molar-refractivity contribution in [2.75, 3.05) is 0 Å². The van der Waals surface area contributed by atoms with Crippen LogP contribution < -0.4 is 10.5 Å². The molecule has 1 unspecified atom stereocenters. The molecule has 2 aromatic carbocycles. The minimum atomic E-state index is -0.823. The lowest BCUT2D eigenvalue weighted by Gasteiger charge is -2.14. The van der Waals surface area contributed by atoms with Crippen LogP contribution in [0.1, 0.15) is 18.9 Å². The molecule has 2 aromatic rings. The summed E-state index contributed by atoms with van der Waals surface area (Å²) in [5.74, 6) is -0.215. The largest absolute Gasteiger partial charge is 0.479 e. The molecule has 0 aliphatic carbocycles. The third-order valence-corrected chi connectivity index (χ3v) is 3.26. The van der Waals surface area contributed by atoms with Gasteiger partial charge in [-0.05, 0) is 30.7 Å². The third-order valence-electron chi connectivity index (χ3n) is 3.26. The molecule has 0 fully saturated rings. The lowest BCUT2D eigenvalue weighted by atomic mass is 10.2. The van der Waals surface area contributed by atoms with Crippen LogP contribution in [-0.2, 0) is 9.63 Å². The molecule has 0 radical (unpaired) electrons. The summed E-state index contributed by atoms with van der Waals surface area (Å²) in [5, 5.41) is 14.2. The van der Waals surface area contributed by atoms with Crippen LogP contribution in [0.4, 0.5) is 5.69 Å². The number of hydrogen-bond acceptors (Lipinski definition) is 6. The average molecular weight is 343 g/mol. The number of nitro benzene ring substituents is 1. The Bertz CT molecular complexity index is 760. The van der Waals surface area contributed by atoms with E-state index in [-0.39, 0.29) is 11.5 Å². The van der Waals surface area contributed by atoms with Gasteiger partial charge in [-0.1, -0.05) is 30.3 Å². The standard InChI is InChI=1S/C17H17N3O5/c1-2-15(24-14-6-4-3-5-7-14)17(21)25-19-16(18)12-8-10-13(11-9-12)20(22)23/h3-11,15H,2H2,1H3,(H2,18,19). The van der Waals surface area contributed by atoms with Crippen molar-refractivity contribution in [1.82, 2.24) is 0 Å². The van der Waals surface area contributed by atoms with E-state index in [0.29, 0.717) is 17.7 Å². The second-order valence-electron chi connectivity index (χ2n) is 5.02. The number of amidine groups is 1. The molecule has 2 N–H and O–H groups in total. The van der Waals surface area contributed by atoms with Gasteiger partial charge in [-0.15, -0.1) is 0 Å². The zero-order valence-corrected chi connectivity index (χ0v) is 13.5. The molecule has 0 amide bonds. The maximum Gasteiger partial charge on any atom is 0.375 e. The summed E-state index contributed by atoms with van der Waals surface area (Å²) in [6, 6.07) is 14.3. The van der Waals surface area contributed by atoms with Gasteiger partial charge in [0.1, 0.15) is 5.75 Å². The highest BCUT2D eigenvalue weighted by atomic mass is 16.7. The van der Waals surface area contributed by atoms with Gasteiger partial charge >= 0.3 is 5.97 Å². The molecule has 8 nitrogen and oxygen atoms in total. The van der Waals surface area contributed by atoms with Gasteiger partial charge in [0.05, 0.1) is 4.92 Å². The minimum Gasteiger partial charge on any atom is -0.479 e. The van der Waals surface area contributed by atoms with Gasteiger partial charge in [0, 0.05) is 17.7 Å². The van der Waals surface area contributed by atoms with Crippen molar-refractivity contribution in [2.24, 2.45) is 10.9 Å². The predicted molar refractivity (Wildman–Crippen MR) is 91.1 cm³/mol. The number of para-hydroxylation sites is 1. The number of nitro groups is 1. The van der Waals surface area contributed by atoms with E-state index in [4.69, 9.17) is 15.3 Å². The van der Waals surface area contributed by atoms with Gasteiger partial charge in [-0.25, -0.2) is 4.79 Å². The lowest BCUT2D eigenvalue weighted by molar-refractivity contribution is -0.384. The highest BCUT2D eigenvalue weighted by Crippen LogP contribution is 2.14. The number of carbonyl (C=O) groups is 1. The smallest absolute Gasteiger partial charge is 0.375 e. The molecular weight excluding hydrogens is 326 g/mol. The summed E-state index contributed by atoms with van der Waals surface area (Å²) in [5.41, 5.74) is 6.05. The Balaban J connectivity index is 2.00. The van der Waals surface area contributed by atoms with Crippen molar-refractivity contribution < 1.29 is 19.3 Å². The van der Waals surface area contributed by atoms with Crippen molar-refractivity contribution in [3.63, 3.8) is 0 Å². The molecule has 0 spiro atoms. The van der Waals surface area contributed by atoms with Crippen LogP contribution in [0.2, 0.25) is 0 Å².